The number of hydrogen-bond donors (Lipinski definition) is 2. The van der Waals surface area contributed by atoms with Crippen LogP contribution in [0.15, 0.2) is 97.3 Å². The minimum atomic E-state index is -0.268. The molecule has 29 heavy (non-hydrogen) atoms. The van der Waals surface area contributed by atoms with Gasteiger partial charge in [0, 0.05) is 18.1 Å². The standard InChI is InChI=1S/C23H18N4O2/c28-22(26-18-9-3-1-4-10-18)17-15-24-23(25-16-17)27-20-13-7-8-14-21(20)29-19-11-5-2-6-12-19/h1-16H,(H,26,28)(H,24,25,27). The van der Waals surface area contributed by atoms with Gasteiger partial charge in [-0.25, -0.2) is 9.97 Å². The van der Waals surface area contributed by atoms with Crippen LogP contribution in [0.3, 0.4) is 0 Å². The quantitative estimate of drug-likeness (QED) is 0.475. The predicted octanol–water partition coefficient (Wildman–Crippen LogP) is 5.26. The molecule has 0 aliphatic rings. The number of nitrogens with zero attached hydrogens (tertiary/aromatic N) is 2. The Kier molecular flexibility index (Phi) is 5.43. The third-order valence-corrected chi connectivity index (χ3v) is 4.05. The molecule has 2 N–H and O–H groups in total. The van der Waals surface area contributed by atoms with E-state index in [1.165, 1.54) is 12.4 Å². The van der Waals surface area contributed by atoms with E-state index in [1.807, 2.05) is 84.9 Å². The summed E-state index contributed by atoms with van der Waals surface area (Å²) in [5.41, 5.74) is 1.80. The number of anilines is 3. The van der Waals surface area contributed by atoms with Gasteiger partial charge in [-0.2, -0.15) is 0 Å². The summed E-state index contributed by atoms with van der Waals surface area (Å²) in [7, 11) is 0. The molecular formula is C23H18N4O2. The summed E-state index contributed by atoms with van der Waals surface area (Å²) >= 11 is 0. The van der Waals surface area contributed by atoms with Crippen molar-refractivity contribution >= 4 is 23.2 Å². The van der Waals surface area contributed by atoms with Crippen LogP contribution in [0.1, 0.15) is 10.4 Å². The van der Waals surface area contributed by atoms with Gasteiger partial charge in [-0.1, -0.05) is 48.5 Å². The van der Waals surface area contributed by atoms with Crippen molar-refractivity contribution in [1.29, 1.82) is 0 Å². The summed E-state index contributed by atoms with van der Waals surface area (Å²) in [4.78, 5) is 20.8. The van der Waals surface area contributed by atoms with Crippen LogP contribution < -0.4 is 15.4 Å². The molecule has 0 radical (unpaired) electrons. The first kappa shape index (κ1) is 18.2. The molecular weight excluding hydrogens is 364 g/mol. The Balaban J connectivity index is 1.46. The summed E-state index contributed by atoms with van der Waals surface area (Å²) in [6, 6.07) is 26.3. The molecule has 0 aliphatic heterocycles. The topological polar surface area (TPSA) is 76.1 Å². The fourth-order valence-corrected chi connectivity index (χ4v) is 2.63. The number of benzene rings is 3. The zero-order chi connectivity index (χ0) is 19.9. The second kappa shape index (κ2) is 8.67. The summed E-state index contributed by atoms with van der Waals surface area (Å²) in [6.07, 6.45) is 2.96. The van der Waals surface area contributed by atoms with E-state index in [1.54, 1.807) is 0 Å². The van der Waals surface area contributed by atoms with E-state index in [2.05, 4.69) is 20.6 Å². The lowest BCUT2D eigenvalue weighted by Crippen LogP contribution is -2.13. The lowest BCUT2D eigenvalue weighted by molar-refractivity contribution is 0.102. The number of para-hydroxylation sites is 4. The van der Waals surface area contributed by atoms with Crippen molar-refractivity contribution < 1.29 is 9.53 Å². The third-order valence-electron chi connectivity index (χ3n) is 4.05. The Labute approximate surface area is 168 Å². The van der Waals surface area contributed by atoms with E-state index in [0.717, 1.165) is 11.4 Å². The molecule has 0 fully saturated rings. The maximum Gasteiger partial charge on any atom is 0.258 e. The van der Waals surface area contributed by atoms with E-state index >= 15 is 0 Å². The van der Waals surface area contributed by atoms with Gasteiger partial charge < -0.3 is 15.4 Å². The van der Waals surface area contributed by atoms with Gasteiger partial charge in [0.2, 0.25) is 5.95 Å². The Hall–Kier alpha value is -4.19. The fraction of sp³-hybridized carbons (Fsp3) is 0. The summed E-state index contributed by atoms with van der Waals surface area (Å²) in [5.74, 6) is 1.48. The number of carbonyl (C=O) groups is 1. The van der Waals surface area contributed by atoms with Crippen molar-refractivity contribution in [2.75, 3.05) is 10.6 Å². The van der Waals surface area contributed by atoms with Crippen LogP contribution in [0.4, 0.5) is 17.3 Å². The molecule has 4 aromatic rings. The van der Waals surface area contributed by atoms with Gasteiger partial charge in [0.15, 0.2) is 5.75 Å². The number of carbonyl (C=O) groups excluding carboxylic acids is 1. The van der Waals surface area contributed by atoms with Crippen molar-refractivity contribution in [2.24, 2.45) is 0 Å². The Morgan fingerprint density at radius 2 is 1.38 bits per heavy atom. The van der Waals surface area contributed by atoms with Gasteiger partial charge in [-0.15, -0.1) is 0 Å². The molecule has 6 nitrogen and oxygen atoms in total. The molecule has 1 amide bonds. The summed E-state index contributed by atoms with van der Waals surface area (Å²) in [5, 5.41) is 5.93. The molecule has 0 saturated heterocycles. The number of rotatable bonds is 6. The smallest absolute Gasteiger partial charge is 0.258 e. The zero-order valence-electron chi connectivity index (χ0n) is 15.4. The maximum atomic E-state index is 12.3. The molecule has 1 aromatic heterocycles. The average Bonchev–Trinajstić information content (AvgIpc) is 2.77. The highest BCUT2D eigenvalue weighted by Gasteiger charge is 2.09. The summed E-state index contributed by atoms with van der Waals surface area (Å²) in [6.45, 7) is 0. The van der Waals surface area contributed by atoms with Crippen molar-refractivity contribution in [2.45, 2.75) is 0 Å². The normalized spacial score (nSPS) is 10.2. The highest BCUT2D eigenvalue weighted by molar-refractivity contribution is 6.03. The molecule has 1 heterocycles. The molecule has 0 saturated carbocycles. The second-order valence-corrected chi connectivity index (χ2v) is 6.15. The minimum absolute atomic E-state index is 0.268. The van der Waals surface area contributed by atoms with Gasteiger partial charge in [-0.3, -0.25) is 4.79 Å². The number of hydrogen-bond acceptors (Lipinski definition) is 5. The Morgan fingerprint density at radius 3 is 2.10 bits per heavy atom. The third kappa shape index (κ3) is 4.75. The van der Waals surface area contributed by atoms with Crippen molar-refractivity contribution in [3.63, 3.8) is 0 Å². The molecule has 0 bridgehead atoms. The predicted molar refractivity (Wildman–Crippen MR) is 113 cm³/mol. The Morgan fingerprint density at radius 1 is 0.759 bits per heavy atom. The van der Waals surface area contributed by atoms with Crippen molar-refractivity contribution in [1.82, 2.24) is 9.97 Å². The van der Waals surface area contributed by atoms with E-state index < -0.39 is 0 Å². The van der Waals surface area contributed by atoms with Crippen LogP contribution in [0, 0.1) is 0 Å². The van der Waals surface area contributed by atoms with Crippen LogP contribution in [0.2, 0.25) is 0 Å². The zero-order valence-corrected chi connectivity index (χ0v) is 15.4. The van der Waals surface area contributed by atoms with E-state index in [0.29, 0.717) is 22.9 Å². The van der Waals surface area contributed by atoms with Crippen LogP contribution in [-0.2, 0) is 0 Å². The Bertz CT molecular complexity index is 1080. The summed E-state index contributed by atoms with van der Waals surface area (Å²) < 4.78 is 5.93. The largest absolute Gasteiger partial charge is 0.455 e. The molecule has 0 spiro atoms. The average molecular weight is 382 g/mol. The molecule has 0 aliphatic carbocycles. The van der Waals surface area contributed by atoms with Crippen LogP contribution >= 0.6 is 0 Å². The van der Waals surface area contributed by atoms with E-state index in [9.17, 15) is 4.79 Å². The first-order chi connectivity index (χ1) is 14.3. The second-order valence-electron chi connectivity index (χ2n) is 6.15. The first-order valence-corrected chi connectivity index (χ1v) is 9.05. The maximum absolute atomic E-state index is 12.3. The van der Waals surface area contributed by atoms with Gasteiger partial charge >= 0.3 is 0 Å². The highest BCUT2D eigenvalue weighted by Crippen LogP contribution is 2.30. The van der Waals surface area contributed by atoms with Crippen LogP contribution in [0.5, 0.6) is 11.5 Å². The van der Waals surface area contributed by atoms with Crippen LogP contribution in [-0.4, -0.2) is 15.9 Å². The van der Waals surface area contributed by atoms with Gasteiger partial charge in [0.25, 0.3) is 5.91 Å². The van der Waals surface area contributed by atoms with E-state index in [-0.39, 0.29) is 5.91 Å². The first-order valence-electron chi connectivity index (χ1n) is 9.05. The molecule has 4 rings (SSSR count). The van der Waals surface area contributed by atoms with Gasteiger partial charge in [0.1, 0.15) is 5.75 Å². The molecule has 0 atom stereocenters. The van der Waals surface area contributed by atoms with Crippen LogP contribution in [0.25, 0.3) is 0 Å². The molecule has 142 valence electrons. The number of ether oxygens (including phenoxy) is 1. The number of nitrogens with one attached hydrogen (secondary N) is 2. The molecule has 0 unspecified atom stereocenters. The van der Waals surface area contributed by atoms with E-state index in [4.69, 9.17) is 4.74 Å². The van der Waals surface area contributed by atoms with Crippen molar-refractivity contribution in [3.8, 4) is 11.5 Å². The number of amides is 1. The molecule has 3 aromatic carbocycles. The van der Waals surface area contributed by atoms with Gasteiger partial charge in [0.05, 0.1) is 11.3 Å². The number of aromatic nitrogens is 2. The molecule has 6 heteroatoms. The monoisotopic (exact) mass is 382 g/mol. The lowest BCUT2D eigenvalue weighted by atomic mass is 10.2. The lowest BCUT2D eigenvalue weighted by Gasteiger charge is -2.12. The fourth-order valence-electron chi connectivity index (χ4n) is 2.63. The van der Waals surface area contributed by atoms with Crippen molar-refractivity contribution in [3.05, 3.63) is 103 Å². The highest BCUT2D eigenvalue weighted by atomic mass is 16.5. The minimum Gasteiger partial charge on any atom is -0.455 e. The SMILES string of the molecule is O=C(Nc1ccccc1)c1cnc(Nc2ccccc2Oc2ccccc2)nc1. The van der Waals surface area contributed by atoms with Gasteiger partial charge in [-0.05, 0) is 36.4 Å².